The summed E-state index contributed by atoms with van der Waals surface area (Å²) in [5.41, 5.74) is 3.96. The fourth-order valence-electron chi connectivity index (χ4n) is 3.93. The minimum absolute atomic E-state index is 0.0447. The van der Waals surface area contributed by atoms with Crippen molar-refractivity contribution in [2.24, 2.45) is 0 Å². The van der Waals surface area contributed by atoms with E-state index >= 15 is 0 Å². The van der Waals surface area contributed by atoms with Gasteiger partial charge in [0.2, 0.25) is 0 Å². The molecule has 4 aromatic rings. The van der Waals surface area contributed by atoms with Crippen LogP contribution < -0.4 is 5.32 Å². The van der Waals surface area contributed by atoms with Crippen molar-refractivity contribution in [3.8, 4) is 17.1 Å². The molecule has 1 N–H and O–H groups in total. The van der Waals surface area contributed by atoms with Crippen LogP contribution in [0.15, 0.2) is 55.1 Å². The Labute approximate surface area is 191 Å². The molecule has 33 heavy (non-hydrogen) atoms. The summed E-state index contributed by atoms with van der Waals surface area (Å²) in [5.74, 6) is -0.280. The third-order valence-electron chi connectivity index (χ3n) is 5.82. The van der Waals surface area contributed by atoms with Crippen LogP contribution in [0, 0.1) is 12.7 Å². The first-order chi connectivity index (χ1) is 15.9. The number of nitrogens with one attached hydrogen (secondary N) is 1. The van der Waals surface area contributed by atoms with E-state index in [0.717, 1.165) is 35.5 Å². The maximum absolute atomic E-state index is 14.8. The summed E-state index contributed by atoms with van der Waals surface area (Å²) in [6, 6.07) is 10.3. The summed E-state index contributed by atoms with van der Waals surface area (Å²) >= 11 is 0. The number of amides is 1. The number of carbonyl (C=O) groups is 1. The van der Waals surface area contributed by atoms with Crippen molar-refractivity contribution in [2.45, 2.75) is 45.6 Å². The highest BCUT2D eigenvalue weighted by atomic mass is 19.1. The summed E-state index contributed by atoms with van der Waals surface area (Å²) in [4.78, 5) is 22.0. The summed E-state index contributed by atoms with van der Waals surface area (Å²) in [7, 11) is 0. The van der Waals surface area contributed by atoms with E-state index in [4.69, 9.17) is 0 Å². The fourth-order valence-corrected chi connectivity index (χ4v) is 3.93. The average molecular weight is 445 g/mol. The van der Waals surface area contributed by atoms with Crippen LogP contribution in [0.4, 0.5) is 10.2 Å². The second-order valence-corrected chi connectivity index (χ2v) is 8.72. The smallest absolute Gasteiger partial charge is 0.259 e. The molecule has 8 heteroatoms. The molecule has 7 nitrogen and oxygen atoms in total. The lowest BCUT2D eigenvalue weighted by Gasteiger charge is -2.13. The van der Waals surface area contributed by atoms with Crippen molar-refractivity contribution in [1.82, 2.24) is 24.3 Å². The molecular formula is C25H25FN6O. The molecule has 1 aliphatic rings. The molecule has 0 saturated heterocycles. The van der Waals surface area contributed by atoms with Crippen molar-refractivity contribution in [1.29, 1.82) is 0 Å². The highest BCUT2D eigenvalue weighted by Gasteiger charge is 2.26. The van der Waals surface area contributed by atoms with Gasteiger partial charge in [0.15, 0.2) is 0 Å². The van der Waals surface area contributed by atoms with Crippen LogP contribution in [0.3, 0.4) is 0 Å². The number of aryl methyl sites for hydroxylation is 1. The van der Waals surface area contributed by atoms with E-state index < -0.39 is 11.7 Å². The molecule has 1 saturated carbocycles. The number of aromatic nitrogens is 5. The van der Waals surface area contributed by atoms with Gasteiger partial charge in [0.25, 0.3) is 5.91 Å². The standard InChI is InChI=1S/C25H25FN6O/c1-15(2)32-22(9-10-28-32)20-5-4-6-24(29-20)30-25(33)18-12-23(16(3)11-19(18)26)31-13-21(27-14-31)17-7-8-17/h4-6,9-15,17H,7-8H2,1-3H3,(H,29,30,33). The molecule has 0 aliphatic heterocycles. The molecular weight excluding hydrogens is 419 g/mol. The van der Waals surface area contributed by atoms with E-state index in [1.807, 2.05) is 48.3 Å². The molecule has 0 radical (unpaired) electrons. The van der Waals surface area contributed by atoms with Crippen LogP contribution in [0.25, 0.3) is 17.1 Å². The molecule has 0 unspecified atom stereocenters. The number of pyridine rings is 1. The molecule has 3 heterocycles. The monoisotopic (exact) mass is 444 g/mol. The van der Waals surface area contributed by atoms with E-state index in [2.05, 4.69) is 20.4 Å². The largest absolute Gasteiger partial charge is 0.306 e. The van der Waals surface area contributed by atoms with Crippen LogP contribution >= 0.6 is 0 Å². The van der Waals surface area contributed by atoms with Crippen LogP contribution in [-0.2, 0) is 0 Å². The van der Waals surface area contributed by atoms with Gasteiger partial charge in [-0.15, -0.1) is 0 Å². The first-order valence-electron chi connectivity index (χ1n) is 11.1. The lowest BCUT2D eigenvalue weighted by Crippen LogP contribution is -2.16. The third-order valence-corrected chi connectivity index (χ3v) is 5.82. The Bertz CT molecular complexity index is 1330. The molecule has 0 bridgehead atoms. The van der Waals surface area contributed by atoms with Crippen molar-refractivity contribution >= 4 is 11.7 Å². The maximum atomic E-state index is 14.8. The molecule has 168 valence electrons. The summed E-state index contributed by atoms with van der Waals surface area (Å²) in [6.07, 6.45) is 7.70. The van der Waals surface area contributed by atoms with E-state index in [0.29, 0.717) is 17.4 Å². The molecule has 1 aromatic carbocycles. The highest BCUT2D eigenvalue weighted by molar-refractivity contribution is 6.04. The zero-order chi connectivity index (χ0) is 23.1. The van der Waals surface area contributed by atoms with Gasteiger partial charge in [-0.2, -0.15) is 5.10 Å². The Morgan fingerprint density at radius 1 is 1.21 bits per heavy atom. The lowest BCUT2D eigenvalue weighted by molar-refractivity contribution is 0.102. The summed E-state index contributed by atoms with van der Waals surface area (Å²) in [5, 5.41) is 7.07. The van der Waals surface area contributed by atoms with Crippen molar-refractivity contribution in [3.63, 3.8) is 0 Å². The van der Waals surface area contributed by atoms with Crippen molar-refractivity contribution in [2.75, 3.05) is 5.32 Å². The number of rotatable bonds is 6. The summed E-state index contributed by atoms with van der Waals surface area (Å²) in [6.45, 7) is 5.89. The number of imidazole rings is 1. The Hall–Kier alpha value is -3.81. The SMILES string of the molecule is Cc1cc(F)c(C(=O)Nc2cccc(-c3ccnn3C(C)C)n2)cc1-n1cnc(C2CC2)c1. The van der Waals surface area contributed by atoms with Gasteiger partial charge >= 0.3 is 0 Å². The van der Waals surface area contributed by atoms with Gasteiger partial charge in [-0.1, -0.05) is 6.07 Å². The Morgan fingerprint density at radius 3 is 2.79 bits per heavy atom. The number of anilines is 1. The fraction of sp³-hybridized carbons (Fsp3) is 0.280. The van der Waals surface area contributed by atoms with Gasteiger partial charge in [0, 0.05) is 24.4 Å². The number of halogens is 1. The van der Waals surface area contributed by atoms with Crippen LogP contribution in [0.5, 0.6) is 0 Å². The van der Waals surface area contributed by atoms with E-state index in [1.165, 1.54) is 6.07 Å². The van der Waals surface area contributed by atoms with Gasteiger partial charge < -0.3 is 9.88 Å². The number of benzene rings is 1. The van der Waals surface area contributed by atoms with Crippen molar-refractivity contribution in [3.05, 3.63) is 77.8 Å². The molecule has 0 atom stereocenters. The van der Waals surface area contributed by atoms with Crippen LogP contribution in [0.1, 0.15) is 60.3 Å². The molecule has 3 aromatic heterocycles. The Balaban J connectivity index is 1.42. The molecule has 1 fully saturated rings. The predicted octanol–water partition coefficient (Wildman–Crippen LogP) is 5.29. The first-order valence-corrected chi connectivity index (χ1v) is 11.1. The Kier molecular flexibility index (Phi) is 5.28. The number of carbonyl (C=O) groups excluding carboxylic acids is 1. The quantitative estimate of drug-likeness (QED) is 0.438. The zero-order valence-corrected chi connectivity index (χ0v) is 18.8. The van der Waals surface area contributed by atoms with Gasteiger partial charge in [0.1, 0.15) is 11.6 Å². The number of hydrogen-bond acceptors (Lipinski definition) is 4. The van der Waals surface area contributed by atoms with Crippen LogP contribution in [0.2, 0.25) is 0 Å². The third kappa shape index (κ3) is 4.16. The second-order valence-electron chi connectivity index (χ2n) is 8.72. The molecule has 1 amide bonds. The van der Waals surface area contributed by atoms with Gasteiger partial charge in [-0.3, -0.25) is 9.48 Å². The molecule has 0 spiro atoms. The lowest BCUT2D eigenvalue weighted by atomic mass is 10.1. The van der Waals surface area contributed by atoms with Crippen LogP contribution in [-0.4, -0.2) is 30.2 Å². The van der Waals surface area contributed by atoms with Gasteiger partial charge in [-0.25, -0.2) is 14.4 Å². The van der Waals surface area contributed by atoms with E-state index in [1.54, 1.807) is 30.7 Å². The predicted molar refractivity (Wildman–Crippen MR) is 124 cm³/mol. The molecule has 5 rings (SSSR count). The summed E-state index contributed by atoms with van der Waals surface area (Å²) < 4.78 is 18.5. The topological polar surface area (TPSA) is 77.6 Å². The first kappa shape index (κ1) is 21.1. The van der Waals surface area contributed by atoms with Gasteiger partial charge in [-0.05, 0) is 69.5 Å². The van der Waals surface area contributed by atoms with E-state index in [-0.39, 0.29) is 11.6 Å². The number of nitrogens with zero attached hydrogens (tertiary/aromatic N) is 5. The average Bonchev–Trinajstić information content (AvgIpc) is 3.31. The number of hydrogen-bond donors (Lipinski definition) is 1. The maximum Gasteiger partial charge on any atom is 0.259 e. The normalized spacial score (nSPS) is 13.5. The second kappa shape index (κ2) is 8.27. The molecule has 1 aliphatic carbocycles. The van der Waals surface area contributed by atoms with Gasteiger partial charge in [0.05, 0.1) is 34.7 Å². The van der Waals surface area contributed by atoms with Crippen molar-refractivity contribution < 1.29 is 9.18 Å². The highest BCUT2D eigenvalue weighted by Crippen LogP contribution is 2.39. The minimum atomic E-state index is -0.578. The minimum Gasteiger partial charge on any atom is -0.306 e. The van der Waals surface area contributed by atoms with E-state index in [9.17, 15) is 9.18 Å². The Morgan fingerprint density at radius 2 is 2.03 bits per heavy atom. The zero-order valence-electron chi connectivity index (χ0n) is 18.8.